The van der Waals surface area contributed by atoms with Crippen LogP contribution in [0.4, 0.5) is 5.82 Å². The zero-order chi connectivity index (χ0) is 32.0. The van der Waals surface area contributed by atoms with Gasteiger partial charge in [-0.15, -0.1) is 0 Å². The van der Waals surface area contributed by atoms with E-state index in [-0.39, 0.29) is 22.5 Å². The molecule has 2 fully saturated rings. The molecule has 44 heavy (non-hydrogen) atoms. The largest absolute Gasteiger partial charge is 0.481 e. The van der Waals surface area contributed by atoms with Crippen molar-refractivity contribution in [1.82, 2.24) is 19.5 Å². The minimum Gasteiger partial charge on any atom is -0.387 e. The smallest absolute Gasteiger partial charge is 0.387 e. The van der Waals surface area contributed by atoms with Gasteiger partial charge in [-0.3, -0.25) is 18.4 Å². The third kappa shape index (κ3) is 6.65. The minimum atomic E-state index is -5.37. The number of aliphatic hydroxyl groups is 4. The van der Waals surface area contributed by atoms with Gasteiger partial charge < -0.3 is 51.2 Å². The first-order valence-electron chi connectivity index (χ1n) is 12.6. The standard InChI is InChI=1S/C21H27N7O14P2/c22-17-12-19(25-7-24-17)28(8-26-12)21-16(32)14(30)11(41-21)6-39-44(36,37)42-43(34,35)38-5-10-13(29)15(31)20(40-10)27-3-1-2-9(4-27)18(23)33/h1-4,7-8,10-11,13-16,20-21,29-32H,5-6H2,(H5-,22,23,24,25,33,34,35,36,37)/p+1/t10-,11+,13?,14-,15+,16?,20-,21+/m1/s1. The van der Waals surface area contributed by atoms with Crippen LogP contribution in [0.25, 0.3) is 11.2 Å². The Morgan fingerprint density at radius 1 is 0.977 bits per heavy atom. The number of aliphatic hydroxyl groups excluding tert-OH is 4. The van der Waals surface area contributed by atoms with Gasteiger partial charge >= 0.3 is 15.6 Å². The zero-order valence-electron chi connectivity index (χ0n) is 22.2. The number of nitrogens with zero attached hydrogens (tertiary/aromatic N) is 5. The lowest BCUT2D eigenvalue weighted by Gasteiger charge is -2.20. The molecule has 5 rings (SSSR count). The Bertz CT molecular complexity index is 1630. The van der Waals surface area contributed by atoms with E-state index in [1.807, 2.05) is 0 Å². The van der Waals surface area contributed by atoms with Gasteiger partial charge in [0, 0.05) is 6.07 Å². The van der Waals surface area contributed by atoms with Crippen LogP contribution in [-0.2, 0) is 32.0 Å². The summed E-state index contributed by atoms with van der Waals surface area (Å²) in [5.41, 5.74) is 11.4. The molecule has 4 unspecified atom stereocenters. The molecule has 0 aromatic carbocycles. The molecule has 1 amide bonds. The monoisotopic (exact) mass is 664 g/mol. The fraction of sp³-hybridized carbons (Fsp3) is 0.476. The molecular weight excluding hydrogens is 636 g/mol. The van der Waals surface area contributed by atoms with E-state index in [2.05, 4.69) is 23.8 Å². The lowest BCUT2D eigenvalue weighted by atomic mass is 10.1. The van der Waals surface area contributed by atoms with Gasteiger partial charge in [-0.2, -0.15) is 8.88 Å². The van der Waals surface area contributed by atoms with E-state index < -0.39 is 83.8 Å². The Hall–Kier alpha value is -3.01. The molecule has 0 spiro atoms. The third-order valence-electron chi connectivity index (χ3n) is 6.75. The van der Waals surface area contributed by atoms with Crippen molar-refractivity contribution in [2.24, 2.45) is 5.73 Å². The van der Waals surface area contributed by atoms with E-state index in [0.29, 0.717) is 0 Å². The predicted molar refractivity (Wildman–Crippen MR) is 139 cm³/mol. The van der Waals surface area contributed by atoms with Crippen molar-refractivity contribution >= 4 is 38.5 Å². The lowest BCUT2D eigenvalue weighted by Crippen LogP contribution is -2.46. The quantitative estimate of drug-likeness (QED) is 0.0747. The summed E-state index contributed by atoms with van der Waals surface area (Å²) in [6.07, 6.45) is -6.85. The molecule has 3 aromatic heterocycles. The summed E-state index contributed by atoms with van der Waals surface area (Å²) >= 11 is 0. The number of ether oxygens (including phenoxy) is 2. The minimum absolute atomic E-state index is 0.0505. The first kappa shape index (κ1) is 32.4. The predicted octanol–water partition coefficient (Wildman–Crippen LogP) is -3.02. The molecule has 0 saturated carbocycles. The van der Waals surface area contributed by atoms with Crippen LogP contribution >= 0.6 is 15.6 Å². The van der Waals surface area contributed by atoms with E-state index in [1.165, 1.54) is 40.0 Å². The average molecular weight is 664 g/mol. The number of primary amides is 1. The number of nitrogens with two attached hydrogens (primary N) is 2. The number of phosphoric acid groups is 2. The Morgan fingerprint density at radius 3 is 2.27 bits per heavy atom. The summed E-state index contributed by atoms with van der Waals surface area (Å²) in [5, 5.41) is 41.6. The van der Waals surface area contributed by atoms with Crippen molar-refractivity contribution in [3.8, 4) is 0 Å². The second-order valence-corrected chi connectivity index (χ2v) is 12.7. The molecule has 3 aromatic rings. The SMILES string of the molecule is NC(=O)c1ccc[n+]([C@@H]2O[C@H](COP(=O)(O)OP(=O)(O)OC[C@@H]3O[C@H](n4cnc5c(N)ncnc54)C(O)[C@@H]3O)C(O)[C@@H]2O)c1. The van der Waals surface area contributed by atoms with Gasteiger partial charge in [0.2, 0.25) is 0 Å². The second kappa shape index (κ2) is 12.4. The Kier molecular flexibility index (Phi) is 9.13. The Labute approximate surface area is 246 Å². The molecule has 10 atom stereocenters. The average Bonchev–Trinajstić information content (AvgIpc) is 3.61. The highest BCUT2D eigenvalue weighted by molar-refractivity contribution is 7.61. The van der Waals surface area contributed by atoms with Gasteiger partial charge in [0.25, 0.3) is 12.1 Å². The molecule has 0 bridgehead atoms. The number of carbonyl (C=O) groups is 1. The third-order valence-corrected chi connectivity index (χ3v) is 9.35. The van der Waals surface area contributed by atoms with Crippen LogP contribution in [0.1, 0.15) is 22.8 Å². The molecule has 2 aliphatic rings. The molecule has 5 heterocycles. The van der Waals surface area contributed by atoms with E-state index in [1.54, 1.807) is 0 Å². The highest BCUT2D eigenvalue weighted by atomic mass is 31.3. The van der Waals surface area contributed by atoms with Crippen molar-refractivity contribution in [3.05, 3.63) is 42.7 Å². The number of anilines is 1. The molecule has 0 radical (unpaired) electrons. The van der Waals surface area contributed by atoms with Crippen LogP contribution in [-0.4, -0.2) is 105 Å². The van der Waals surface area contributed by atoms with Gasteiger partial charge in [-0.25, -0.2) is 24.1 Å². The lowest BCUT2D eigenvalue weighted by molar-refractivity contribution is -0.765. The molecule has 23 heteroatoms. The summed E-state index contributed by atoms with van der Waals surface area (Å²) in [7, 11) is -10.7. The molecule has 0 aliphatic carbocycles. The summed E-state index contributed by atoms with van der Waals surface area (Å²) in [4.78, 5) is 43.3. The molecule has 2 aliphatic heterocycles. The van der Waals surface area contributed by atoms with Crippen molar-refractivity contribution < 1.29 is 71.5 Å². The number of carbonyl (C=O) groups excluding carboxylic acids is 1. The zero-order valence-corrected chi connectivity index (χ0v) is 24.0. The van der Waals surface area contributed by atoms with Gasteiger partial charge in [-0.05, 0) is 6.07 Å². The van der Waals surface area contributed by atoms with Crippen LogP contribution in [0, 0.1) is 0 Å². The fourth-order valence-corrected chi connectivity index (χ4v) is 6.67. The first-order valence-corrected chi connectivity index (χ1v) is 15.6. The molecule has 240 valence electrons. The van der Waals surface area contributed by atoms with Crippen molar-refractivity contribution in [2.75, 3.05) is 18.9 Å². The molecule has 2 saturated heterocycles. The van der Waals surface area contributed by atoms with E-state index in [4.69, 9.17) is 25.5 Å². The molecule has 21 nitrogen and oxygen atoms in total. The number of hydrogen-bond acceptors (Lipinski definition) is 16. The van der Waals surface area contributed by atoms with Crippen molar-refractivity contribution in [3.63, 3.8) is 0 Å². The van der Waals surface area contributed by atoms with Gasteiger partial charge in [0.15, 0.2) is 36.2 Å². The number of imidazole rings is 1. The number of rotatable bonds is 11. The van der Waals surface area contributed by atoms with Crippen LogP contribution in [0.5, 0.6) is 0 Å². The number of amides is 1. The first-order chi connectivity index (χ1) is 20.7. The highest BCUT2D eigenvalue weighted by Gasteiger charge is 2.50. The van der Waals surface area contributed by atoms with Crippen molar-refractivity contribution in [1.29, 1.82) is 0 Å². The fourth-order valence-electron chi connectivity index (χ4n) is 4.58. The normalized spacial score (nSPS) is 31.6. The summed E-state index contributed by atoms with van der Waals surface area (Å²) < 4.78 is 52.0. The Balaban J connectivity index is 1.16. The van der Waals surface area contributed by atoms with E-state index >= 15 is 0 Å². The van der Waals surface area contributed by atoms with E-state index in [9.17, 15) is 44.1 Å². The van der Waals surface area contributed by atoms with Gasteiger partial charge in [0.05, 0.1) is 19.5 Å². The van der Waals surface area contributed by atoms with Crippen molar-refractivity contribution in [2.45, 2.75) is 49.1 Å². The number of phosphoric ester groups is 2. The maximum Gasteiger partial charge on any atom is 0.481 e. The number of hydrogen-bond donors (Lipinski definition) is 8. The van der Waals surface area contributed by atoms with Crippen LogP contribution in [0.2, 0.25) is 0 Å². The molecule has 10 N–H and O–H groups in total. The van der Waals surface area contributed by atoms with Gasteiger partial charge in [-0.1, -0.05) is 0 Å². The van der Waals surface area contributed by atoms with Crippen LogP contribution < -0.4 is 16.0 Å². The topological polar surface area (TPSA) is 318 Å². The second-order valence-electron chi connectivity index (χ2n) is 9.69. The maximum atomic E-state index is 12.4. The highest BCUT2D eigenvalue weighted by Crippen LogP contribution is 2.60. The Morgan fingerprint density at radius 2 is 1.61 bits per heavy atom. The number of fused-ring (bicyclic) bond motifs is 1. The number of nitrogen functional groups attached to an aromatic ring is 1. The van der Waals surface area contributed by atoms with Crippen LogP contribution in [0.15, 0.2) is 37.2 Å². The number of pyridine rings is 1. The van der Waals surface area contributed by atoms with E-state index in [0.717, 1.165) is 6.33 Å². The summed E-state index contributed by atoms with van der Waals surface area (Å²) in [5.74, 6) is -0.714. The van der Waals surface area contributed by atoms with Crippen LogP contribution in [0.3, 0.4) is 0 Å². The van der Waals surface area contributed by atoms with Gasteiger partial charge in [0.1, 0.15) is 47.9 Å². The summed E-state index contributed by atoms with van der Waals surface area (Å²) in [6, 6.07) is 2.83. The summed E-state index contributed by atoms with van der Waals surface area (Å²) in [6.45, 7) is -1.80. The molecular formula is C21H28N7O14P2+. The number of aromatic nitrogens is 5. The maximum absolute atomic E-state index is 12.4.